The lowest BCUT2D eigenvalue weighted by Gasteiger charge is -2.31. The van der Waals surface area contributed by atoms with Crippen molar-refractivity contribution in [2.45, 2.75) is 51.2 Å². The number of anilines is 1. The lowest BCUT2D eigenvalue weighted by molar-refractivity contribution is -0.192. The first-order valence-corrected chi connectivity index (χ1v) is 11.0. The number of aryl methyl sites for hydroxylation is 1. The average molecular weight is 482 g/mol. The van der Waals surface area contributed by atoms with Crippen LogP contribution in [-0.4, -0.2) is 59.3 Å². The van der Waals surface area contributed by atoms with Gasteiger partial charge in [-0.1, -0.05) is 19.3 Å². The zero-order valence-corrected chi connectivity index (χ0v) is 19.3. The molecular formula is C24H30F3N3O4. The van der Waals surface area contributed by atoms with E-state index in [4.69, 9.17) is 14.6 Å². The lowest BCUT2D eigenvalue weighted by atomic mass is 9.94. The second kappa shape index (κ2) is 12.8. The van der Waals surface area contributed by atoms with Gasteiger partial charge in [0.2, 0.25) is 0 Å². The molecule has 186 valence electrons. The molecule has 2 aromatic rings. The van der Waals surface area contributed by atoms with Crippen LogP contribution in [0.4, 0.5) is 18.9 Å². The van der Waals surface area contributed by atoms with Crippen LogP contribution in [0, 0.1) is 6.92 Å². The normalized spacial score (nSPS) is 13.9. The van der Waals surface area contributed by atoms with Gasteiger partial charge in [0.1, 0.15) is 12.4 Å². The summed E-state index contributed by atoms with van der Waals surface area (Å²) in [7, 11) is 1.93. The highest BCUT2D eigenvalue weighted by Gasteiger charge is 2.38. The van der Waals surface area contributed by atoms with Crippen LogP contribution in [0.3, 0.4) is 0 Å². The minimum atomic E-state index is -5.08. The van der Waals surface area contributed by atoms with Crippen LogP contribution in [0.2, 0.25) is 0 Å². The number of aromatic nitrogens is 1. The molecule has 0 spiro atoms. The maximum absolute atomic E-state index is 12.9. The fraction of sp³-hybridized carbons (Fsp3) is 0.458. The van der Waals surface area contributed by atoms with E-state index in [1.807, 2.05) is 49.2 Å². The first kappa shape index (κ1) is 26.9. The van der Waals surface area contributed by atoms with Gasteiger partial charge in [-0.25, -0.2) is 4.79 Å². The molecule has 10 heteroatoms. The standard InChI is InChI=1S/C22H29N3O2.C2HF3O2/c1-17-14-18(22(26)25(2)20-6-4-3-5-7-20)16-21(15-17)27-13-12-24-19-8-10-23-11-9-19;3-2(4,5)1(6)7/h8-11,14-16,20H,3-7,12-13H2,1-2H3,(H,23,24);(H,6,7). The summed E-state index contributed by atoms with van der Waals surface area (Å²) >= 11 is 0. The first-order chi connectivity index (χ1) is 16.1. The van der Waals surface area contributed by atoms with Gasteiger partial charge >= 0.3 is 12.1 Å². The predicted molar refractivity (Wildman–Crippen MR) is 122 cm³/mol. The highest BCUT2D eigenvalue weighted by Crippen LogP contribution is 2.24. The molecule has 1 aliphatic rings. The molecule has 0 bridgehead atoms. The summed E-state index contributed by atoms with van der Waals surface area (Å²) < 4.78 is 37.6. The van der Waals surface area contributed by atoms with Crippen LogP contribution >= 0.6 is 0 Å². The SMILES string of the molecule is Cc1cc(OCCNc2ccncc2)cc(C(=O)N(C)C2CCCCC2)c1.O=C(O)C(F)(F)F. The third-order valence-electron chi connectivity index (χ3n) is 5.36. The van der Waals surface area contributed by atoms with Crippen molar-refractivity contribution in [1.82, 2.24) is 9.88 Å². The molecule has 34 heavy (non-hydrogen) atoms. The Morgan fingerprint density at radius 1 is 1.15 bits per heavy atom. The number of aliphatic carboxylic acids is 1. The van der Waals surface area contributed by atoms with Crippen LogP contribution in [0.5, 0.6) is 5.75 Å². The van der Waals surface area contributed by atoms with Crippen LogP contribution in [0.15, 0.2) is 42.7 Å². The molecule has 0 aliphatic heterocycles. The van der Waals surface area contributed by atoms with E-state index in [9.17, 15) is 18.0 Å². The molecule has 0 atom stereocenters. The van der Waals surface area contributed by atoms with Gasteiger partial charge < -0.3 is 20.1 Å². The highest BCUT2D eigenvalue weighted by atomic mass is 19.4. The number of hydrogen-bond acceptors (Lipinski definition) is 5. The monoisotopic (exact) mass is 481 g/mol. The number of carbonyl (C=O) groups excluding carboxylic acids is 1. The van der Waals surface area contributed by atoms with Gasteiger partial charge in [-0.05, 0) is 55.7 Å². The maximum atomic E-state index is 12.9. The minimum Gasteiger partial charge on any atom is -0.492 e. The summed E-state index contributed by atoms with van der Waals surface area (Å²) in [4.78, 5) is 27.7. The number of carboxylic acids is 1. The van der Waals surface area contributed by atoms with E-state index in [1.165, 1.54) is 19.3 Å². The largest absolute Gasteiger partial charge is 0.492 e. The zero-order valence-electron chi connectivity index (χ0n) is 19.3. The van der Waals surface area contributed by atoms with Crippen molar-refractivity contribution in [3.63, 3.8) is 0 Å². The fourth-order valence-corrected chi connectivity index (χ4v) is 3.63. The van der Waals surface area contributed by atoms with Gasteiger partial charge in [-0.2, -0.15) is 13.2 Å². The molecule has 7 nitrogen and oxygen atoms in total. The number of carbonyl (C=O) groups is 2. The summed E-state index contributed by atoms with van der Waals surface area (Å²) in [5, 5.41) is 10.4. The molecule has 3 rings (SSSR count). The lowest BCUT2D eigenvalue weighted by Crippen LogP contribution is -2.38. The zero-order chi connectivity index (χ0) is 25.1. The number of halogens is 3. The van der Waals surface area contributed by atoms with E-state index >= 15 is 0 Å². The fourth-order valence-electron chi connectivity index (χ4n) is 3.63. The topological polar surface area (TPSA) is 91.8 Å². The summed E-state index contributed by atoms with van der Waals surface area (Å²) in [5.74, 6) is -1.93. The van der Waals surface area contributed by atoms with Gasteiger partial charge in [0.15, 0.2) is 0 Å². The molecule has 1 aliphatic carbocycles. The van der Waals surface area contributed by atoms with Crippen LogP contribution in [0.1, 0.15) is 48.0 Å². The number of benzene rings is 1. The predicted octanol–water partition coefficient (Wildman–Crippen LogP) is 4.92. The molecule has 1 aromatic carbocycles. The van der Waals surface area contributed by atoms with Gasteiger partial charge in [0.05, 0.1) is 0 Å². The molecule has 0 saturated heterocycles. The Morgan fingerprint density at radius 3 is 2.35 bits per heavy atom. The van der Waals surface area contributed by atoms with E-state index in [-0.39, 0.29) is 5.91 Å². The number of nitrogens with one attached hydrogen (secondary N) is 1. The molecule has 1 amide bonds. The third kappa shape index (κ3) is 8.92. The number of carboxylic acid groups (broad SMARTS) is 1. The summed E-state index contributed by atoms with van der Waals surface area (Å²) in [6.07, 6.45) is 4.36. The van der Waals surface area contributed by atoms with Crippen molar-refractivity contribution in [2.24, 2.45) is 0 Å². The van der Waals surface area contributed by atoms with Gasteiger partial charge in [0, 0.05) is 43.3 Å². The molecular weight excluding hydrogens is 451 g/mol. The first-order valence-electron chi connectivity index (χ1n) is 11.0. The molecule has 1 fully saturated rings. The number of pyridine rings is 1. The van der Waals surface area contributed by atoms with E-state index in [1.54, 1.807) is 12.4 Å². The Morgan fingerprint density at radius 2 is 1.76 bits per heavy atom. The Hall–Kier alpha value is -3.30. The average Bonchev–Trinajstić information content (AvgIpc) is 2.81. The smallest absolute Gasteiger partial charge is 0.490 e. The minimum absolute atomic E-state index is 0.0883. The van der Waals surface area contributed by atoms with Gasteiger partial charge in [-0.3, -0.25) is 9.78 Å². The third-order valence-corrected chi connectivity index (χ3v) is 5.36. The molecule has 1 saturated carbocycles. The van der Waals surface area contributed by atoms with Crippen molar-refractivity contribution in [3.05, 3.63) is 53.9 Å². The number of rotatable bonds is 7. The summed E-state index contributed by atoms with van der Waals surface area (Å²) in [5.41, 5.74) is 2.76. The highest BCUT2D eigenvalue weighted by molar-refractivity contribution is 5.95. The van der Waals surface area contributed by atoms with Crippen molar-refractivity contribution in [1.29, 1.82) is 0 Å². The number of amides is 1. The molecule has 0 radical (unpaired) electrons. The van der Waals surface area contributed by atoms with Crippen LogP contribution in [0.25, 0.3) is 0 Å². The maximum Gasteiger partial charge on any atom is 0.490 e. The van der Waals surface area contributed by atoms with Crippen LogP contribution in [-0.2, 0) is 4.79 Å². The van der Waals surface area contributed by atoms with Crippen molar-refractivity contribution < 1.29 is 32.6 Å². The van der Waals surface area contributed by atoms with E-state index < -0.39 is 12.1 Å². The van der Waals surface area contributed by atoms with Gasteiger partial charge in [-0.15, -0.1) is 0 Å². The number of ether oxygens (including phenoxy) is 1. The summed E-state index contributed by atoms with van der Waals surface area (Å²) in [6, 6.07) is 9.99. The number of hydrogen-bond donors (Lipinski definition) is 2. The van der Waals surface area contributed by atoms with Gasteiger partial charge in [0.25, 0.3) is 5.91 Å². The molecule has 1 heterocycles. The van der Waals surface area contributed by atoms with E-state index in [0.717, 1.165) is 29.8 Å². The van der Waals surface area contributed by atoms with Crippen molar-refractivity contribution in [3.8, 4) is 5.75 Å². The quantitative estimate of drug-likeness (QED) is 0.546. The van der Waals surface area contributed by atoms with E-state index in [0.29, 0.717) is 24.8 Å². The number of alkyl halides is 3. The van der Waals surface area contributed by atoms with E-state index in [2.05, 4.69) is 10.3 Å². The Bertz CT molecular complexity index is 933. The molecule has 0 unspecified atom stereocenters. The Kier molecular flexibility index (Phi) is 10.2. The van der Waals surface area contributed by atoms with Crippen molar-refractivity contribution >= 4 is 17.6 Å². The Balaban J connectivity index is 0.000000509. The number of nitrogens with zero attached hydrogens (tertiary/aromatic N) is 2. The second-order valence-corrected chi connectivity index (χ2v) is 8.06. The summed E-state index contributed by atoms with van der Waals surface area (Å²) in [6.45, 7) is 3.21. The molecule has 2 N–H and O–H groups in total. The van der Waals surface area contributed by atoms with Crippen molar-refractivity contribution in [2.75, 3.05) is 25.5 Å². The Labute approximate surface area is 196 Å². The second-order valence-electron chi connectivity index (χ2n) is 8.06. The van der Waals surface area contributed by atoms with Crippen LogP contribution < -0.4 is 10.1 Å². The molecule has 1 aromatic heterocycles.